The lowest BCUT2D eigenvalue weighted by atomic mass is 9.89. The molecular weight excluding hydrogens is 626 g/mol. The maximum Gasteiger partial charge on any atom is 0.335 e. The van der Waals surface area contributed by atoms with Crippen molar-refractivity contribution >= 4 is 23.5 Å². The molecule has 13 nitrogen and oxygen atoms in total. The van der Waals surface area contributed by atoms with E-state index < -0.39 is 30.3 Å². The fourth-order valence-electron chi connectivity index (χ4n) is 5.70. The molecule has 0 unspecified atom stereocenters. The van der Waals surface area contributed by atoms with Crippen molar-refractivity contribution < 1.29 is 63.8 Å². The Hall–Kier alpha value is -4.04. The van der Waals surface area contributed by atoms with Gasteiger partial charge >= 0.3 is 11.9 Å². The smallest absolute Gasteiger partial charge is 0.335 e. The van der Waals surface area contributed by atoms with Gasteiger partial charge in [-0.1, -0.05) is 12.5 Å². The number of hydrogen-bond acceptors (Lipinski definition) is 10. The number of likely N-dealkylation sites (tertiary alicyclic amines) is 1. The topological polar surface area (TPSA) is 202 Å². The molecule has 2 aliphatic rings. The van der Waals surface area contributed by atoms with Crippen LogP contribution < -0.4 is 19.1 Å². The van der Waals surface area contributed by atoms with E-state index in [1.54, 1.807) is 0 Å². The minimum atomic E-state index is -2.27. The molecule has 264 valence electrons. The lowest BCUT2D eigenvalue weighted by Crippen LogP contribution is -3.10. The van der Waals surface area contributed by atoms with Gasteiger partial charge < -0.3 is 44.6 Å². The van der Waals surface area contributed by atoms with Crippen LogP contribution in [0.2, 0.25) is 0 Å². The number of quaternary nitrogens is 1. The van der Waals surface area contributed by atoms with Crippen LogP contribution in [0.1, 0.15) is 87.2 Å². The van der Waals surface area contributed by atoms with E-state index in [1.165, 1.54) is 17.7 Å². The number of fused-ring (bicyclic) bond motifs is 1. The van der Waals surface area contributed by atoms with E-state index in [0.717, 1.165) is 50.2 Å². The van der Waals surface area contributed by atoms with Gasteiger partial charge in [-0.15, -0.1) is 0 Å². The van der Waals surface area contributed by atoms with E-state index in [-0.39, 0.29) is 30.4 Å². The first-order chi connectivity index (χ1) is 22.8. The Balaban J connectivity index is 0.000000542. The van der Waals surface area contributed by atoms with E-state index in [0.29, 0.717) is 36.3 Å². The Kier molecular flexibility index (Phi) is 15.3. The second kappa shape index (κ2) is 19.1. The molecule has 13 heteroatoms. The number of rotatable bonds is 18. The maximum atomic E-state index is 12.9. The van der Waals surface area contributed by atoms with Crippen LogP contribution >= 0.6 is 0 Å². The van der Waals surface area contributed by atoms with E-state index >= 15 is 0 Å². The fraction of sp³-hybridized carbons (Fsp3) is 0.543. The van der Waals surface area contributed by atoms with Crippen LogP contribution in [0.25, 0.3) is 0 Å². The molecule has 0 amide bonds. The van der Waals surface area contributed by atoms with E-state index in [2.05, 4.69) is 0 Å². The summed E-state index contributed by atoms with van der Waals surface area (Å²) in [7, 11) is 0. The fourth-order valence-corrected chi connectivity index (χ4v) is 5.70. The first kappa shape index (κ1) is 38.4. The Morgan fingerprint density at radius 2 is 1.42 bits per heavy atom. The van der Waals surface area contributed by atoms with Crippen LogP contribution in [0.15, 0.2) is 42.5 Å². The number of nitrogens with one attached hydrogen (secondary N) is 1. The number of carbonyl (C=O) groups is 4. The zero-order chi connectivity index (χ0) is 35.2. The first-order valence-electron chi connectivity index (χ1n) is 16.4. The largest absolute Gasteiger partial charge is 0.491 e. The molecule has 2 aromatic rings. The molecule has 6 N–H and O–H groups in total. The number of Topliss-reactive ketones (excluding diaryl/α,β-unsaturated/α-hetero) is 2. The lowest BCUT2D eigenvalue weighted by Gasteiger charge is -2.25. The molecule has 2 aromatic carbocycles. The normalized spacial score (nSPS) is 16.4. The van der Waals surface area contributed by atoms with Gasteiger partial charge in [0.2, 0.25) is 6.79 Å². The molecule has 0 saturated carbocycles. The number of ether oxygens (including phenoxy) is 3. The van der Waals surface area contributed by atoms with Crippen molar-refractivity contribution in [3.05, 3.63) is 53.6 Å². The third kappa shape index (κ3) is 12.2. The van der Waals surface area contributed by atoms with Crippen molar-refractivity contribution in [2.24, 2.45) is 5.92 Å². The standard InChI is InChI=1S/C31H41NO6.C4H6O6/c1-22(2)38-27-13-10-23(11-14-27)28(34)9-5-3-4-8-26(33)18-25(20-32-16-6-7-17-32)31(35)24-12-15-29-30(19-24)37-21-36-29;5-1(3(7)8)2(6)4(9)10/h10-15,19,22,25,31,35H,3-9,16-18,20-21H2,1-2H3;1-2,5-6H,(H,7,8)(H,9,10)/p+1/t25-,31-;1-,2-/m10/s1. The summed E-state index contributed by atoms with van der Waals surface area (Å²) in [6.07, 6.45) is 0.914. The van der Waals surface area contributed by atoms with Crippen LogP contribution in [0.3, 0.4) is 0 Å². The van der Waals surface area contributed by atoms with Crippen LogP contribution in [0.4, 0.5) is 0 Å². The highest BCUT2D eigenvalue weighted by Gasteiger charge is 2.31. The Labute approximate surface area is 280 Å². The Morgan fingerprint density at radius 3 is 2.02 bits per heavy atom. The lowest BCUT2D eigenvalue weighted by molar-refractivity contribution is -0.891. The number of carboxylic acids is 2. The number of ketones is 2. The van der Waals surface area contributed by atoms with Gasteiger partial charge in [0.15, 0.2) is 29.5 Å². The third-order valence-corrected chi connectivity index (χ3v) is 8.25. The van der Waals surface area contributed by atoms with Crippen molar-refractivity contribution in [2.75, 3.05) is 26.4 Å². The second-order valence-electron chi connectivity index (χ2n) is 12.5. The number of aliphatic hydroxyl groups is 3. The van der Waals surface area contributed by atoms with Gasteiger partial charge in [-0.3, -0.25) is 9.59 Å². The number of aliphatic carboxylic acids is 2. The molecule has 0 aliphatic carbocycles. The molecule has 1 saturated heterocycles. The van der Waals surface area contributed by atoms with Crippen LogP contribution in [0.5, 0.6) is 17.2 Å². The van der Waals surface area contributed by atoms with Crippen molar-refractivity contribution in [3.8, 4) is 17.2 Å². The molecule has 2 heterocycles. The highest BCUT2D eigenvalue weighted by atomic mass is 16.7. The predicted octanol–water partition coefficient (Wildman–Crippen LogP) is 2.20. The van der Waals surface area contributed by atoms with Gasteiger partial charge in [-0.2, -0.15) is 0 Å². The molecule has 0 aromatic heterocycles. The van der Waals surface area contributed by atoms with Crippen molar-refractivity contribution in [3.63, 3.8) is 0 Å². The van der Waals surface area contributed by atoms with Gasteiger partial charge in [0.05, 0.1) is 31.8 Å². The van der Waals surface area contributed by atoms with Crippen LogP contribution in [-0.4, -0.2) is 93.8 Å². The summed E-state index contributed by atoms with van der Waals surface area (Å²) in [6.45, 7) is 7.12. The number of carboxylic acid groups (broad SMARTS) is 2. The van der Waals surface area contributed by atoms with Crippen LogP contribution in [0, 0.1) is 5.92 Å². The molecule has 4 rings (SSSR count). The minimum Gasteiger partial charge on any atom is -0.491 e. The summed E-state index contributed by atoms with van der Waals surface area (Å²) in [5.41, 5.74) is 1.47. The van der Waals surface area contributed by atoms with Gasteiger partial charge in [0.1, 0.15) is 11.5 Å². The highest BCUT2D eigenvalue weighted by molar-refractivity contribution is 5.96. The second-order valence-corrected chi connectivity index (χ2v) is 12.5. The molecular formula is C35H48NO12+. The quantitative estimate of drug-likeness (QED) is 0.0996. The number of hydrogen-bond donors (Lipinski definition) is 6. The Bertz CT molecular complexity index is 1340. The minimum absolute atomic E-state index is 0.0999. The van der Waals surface area contributed by atoms with E-state index in [9.17, 15) is 24.3 Å². The first-order valence-corrected chi connectivity index (χ1v) is 16.4. The van der Waals surface area contributed by atoms with Gasteiger partial charge in [0, 0.05) is 43.6 Å². The average Bonchev–Trinajstić information content (AvgIpc) is 3.75. The highest BCUT2D eigenvalue weighted by Crippen LogP contribution is 2.36. The third-order valence-electron chi connectivity index (χ3n) is 8.25. The molecule has 1 fully saturated rings. The van der Waals surface area contributed by atoms with Gasteiger partial charge in [-0.25, -0.2) is 9.59 Å². The Morgan fingerprint density at radius 1 is 0.812 bits per heavy atom. The van der Waals surface area contributed by atoms with Gasteiger partial charge in [-0.05, 0) is 68.7 Å². The zero-order valence-electron chi connectivity index (χ0n) is 27.5. The number of benzene rings is 2. The summed E-state index contributed by atoms with van der Waals surface area (Å²) >= 11 is 0. The molecule has 2 aliphatic heterocycles. The van der Waals surface area contributed by atoms with Crippen molar-refractivity contribution in [2.45, 2.75) is 89.6 Å². The summed E-state index contributed by atoms with van der Waals surface area (Å²) in [5.74, 6) is -1.27. The monoisotopic (exact) mass is 674 g/mol. The van der Waals surface area contributed by atoms with E-state index in [4.69, 9.17) is 34.6 Å². The number of aliphatic hydroxyl groups excluding tert-OH is 3. The van der Waals surface area contributed by atoms with Crippen molar-refractivity contribution in [1.82, 2.24) is 0 Å². The number of carbonyl (C=O) groups excluding carboxylic acids is 2. The van der Waals surface area contributed by atoms with Gasteiger partial charge in [0.25, 0.3) is 0 Å². The summed E-state index contributed by atoms with van der Waals surface area (Å²) in [5, 5.41) is 43.8. The number of unbranched alkanes of at least 4 members (excludes halogenated alkanes) is 2. The van der Waals surface area contributed by atoms with Crippen LogP contribution in [-0.2, 0) is 14.4 Å². The molecule has 4 atom stereocenters. The summed E-state index contributed by atoms with van der Waals surface area (Å²) in [4.78, 5) is 46.5. The maximum absolute atomic E-state index is 12.9. The summed E-state index contributed by atoms with van der Waals surface area (Å²) in [6, 6.07) is 12.9. The SMILES string of the molecule is CC(C)Oc1ccc(C(=O)CCCCCC(=O)C[C@H](C[NH+]2CCCC2)[C@H](O)c2ccc3c(c2)OCO3)cc1.O=C(O)[C@@H](O)[C@H](O)C(=O)O. The van der Waals surface area contributed by atoms with Crippen molar-refractivity contribution in [1.29, 1.82) is 0 Å². The van der Waals surface area contributed by atoms with E-state index in [1.807, 2.05) is 56.3 Å². The molecule has 0 spiro atoms. The molecule has 48 heavy (non-hydrogen) atoms. The molecule has 0 radical (unpaired) electrons. The predicted molar refractivity (Wildman–Crippen MR) is 172 cm³/mol. The zero-order valence-corrected chi connectivity index (χ0v) is 27.5. The average molecular weight is 675 g/mol. The summed E-state index contributed by atoms with van der Waals surface area (Å²) < 4.78 is 16.5. The molecule has 0 bridgehead atoms.